The second-order valence-electron chi connectivity index (χ2n) is 3.42. The molecule has 0 radical (unpaired) electrons. The summed E-state index contributed by atoms with van der Waals surface area (Å²) in [5, 5.41) is 0. The van der Waals surface area contributed by atoms with E-state index in [1.54, 1.807) is 10.7 Å². The molecule has 1 aliphatic heterocycles. The summed E-state index contributed by atoms with van der Waals surface area (Å²) in [5.74, 6) is 0.649. The first kappa shape index (κ1) is 11.5. The molecule has 0 spiro atoms. The zero-order valence-electron chi connectivity index (χ0n) is 8.09. The van der Waals surface area contributed by atoms with Crippen molar-refractivity contribution in [2.75, 3.05) is 4.83 Å². The van der Waals surface area contributed by atoms with E-state index in [-0.39, 0.29) is 9.60 Å². The minimum absolute atomic E-state index is 0.0409. The van der Waals surface area contributed by atoms with Crippen molar-refractivity contribution in [3.8, 4) is 0 Å². The van der Waals surface area contributed by atoms with Gasteiger partial charge in [0.2, 0.25) is 0 Å². The maximum absolute atomic E-state index is 11.2. The molecule has 90 valence electrons. The smallest absolute Gasteiger partial charge is 0.261 e. The van der Waals surface area contributed by atoms with E-state index >= 15 is 0 Å². The Labute approximate surface area is 111 Å². The first-order chi connectivity index (χ1) is 7.97. The number of nitrogens with one attached hydrogen (secondary N) is 1. The van der Waals surface area contributed by atoms with Gasteiger partial charge in [-0.2, -0.15) is 0 Å². The van der Waals surface area contributed by atoms with Crippen LogP contribution in [0.3, 0.4) is 0 Å². The molecular formula is C8H5Cl2N3O2S2. The lowest BCUT2D eigenvalue weighted by atomic mass is 10.3. The van der Waals surface area contributed by atoms with E-state index in [0.717, 1.165) is 0 Å². The molecule has 5 nitrogen and oxygen atoms in total. The van der Waals surface area contributed by atoms with Crippen LogP contribution in [-0.2, 0) is 9.05 Å². The zero-order valence-corrected chi connectivity index (χ0v) is 11.2. The molecule has 1 aliphatic rings. The molecule has 0 bridgehead atoms. The van der Waals surface area contributed by atoms with Crippen LogP contribution in [0, 0.1) is 0 Å². The van der Waals surface area contributed by atoms with E-state index in [1.807, 2.05) is 0 Å². The predicted octanol–water partition coefficient (Wildman–Crippen LogP) is 2.41. The van der Waals surface area contributed by atoms with Crippen LogP contribution in [0.15, 0.2) is 23.1 Å². The molecule has 3 rings (SSSR count). The van der Waals surface area contributed by atoms with E-state index in [4.69, 9.17) is 22.3 Å². The van der Waals surface area contributed by atoms with Crippen molar-refractivity contribution in [3.63, 3.8) is 0 Å². The van der Waals surface area contributed by atoms with Gasteiger partial charge < -0.3 is 0 Å². The number of alkyl halides is 1. The van der Waals surface area contributed by atoms with Crippen LogP contribution in [0.25, 0.3) is 11.0 Å². The number of nitrogens with zero attached hydrogens (tertiary/aromatic N) is 2. The standard InChI is InChI=1S/C8H5Cl2N3O2S2/c9-7-8-11-5-2-1-4(17(10,14)15)3-6(5)13(8)12-16-7/h1-3,7,12H. The maximum atomic E-state index is 11.2. The number of hydrogen-bond acceptors (Lipinski definition) is 5. The van der Waals surface area contributed by atoms with Gasteiger partial charge in [0.05, 0.1) is 15.9 Å². The lowest BCUT2D eigenvalue weighted by molar-refractivity contribution is 0.609. The number of aromatic nitrogens is 2. The molecule has 0 fully saturated rings. The van der Waals surface area contributed by atoms with E-state index in [9.17, 15) is 8.42 Å². The van der Waals surface area contributed by atoms with Crippen molar-refractivity contribution < 1.29 is 8.42 Å². The fourth-order valence-electron chi connectivity index (χ4n) is 1.63. The highest BCUT2D eigenvalue weighted by Crippen LogP contribution is 2.38. The highest BCUT2D eigenvalue weighted by atomic mass is 35.7. The van der Waals surface area contributed by atoms with E-state index in [2.05, 4.69) is 9.82 Å². The van der Waals surface area contributed by atoms with Crippen LogP contribution in [0.5, 0.6) is 0 Å². The first-order valence-electron chi connectivity index (χ1n) is 4.49. The third-order valence-electron chi connectivity index (χ3n) is 2.38. The first-order valence-corrected chi connectivity index (χ1v) is 8.12. The third kappa shape index (κ3) is 1.77. The molecule has 0 saturated heterocycles. The highest BCUT2D eigenvalue weighted by molar-refractivity contribution is 8.13. The number of hydrogen-bond donors (Lipinski definition) is 1. The van der Waals surface area contributed by atoms with Crippen molar-refractivity contribution in [1.29, 1.82) is 0 Å². The highest BCUT2D eigenvalue weighted by Gasteiger charge is 2.26. The minimum Gasteiger partial charge on any atom is -0.264 e. The number of imidazole rings is 1. The molecule has 1 N–H and O–H groups in total. The van der Waals surface area contributed by atoms with Gasteiger partial charge in [0, 0.05) is 10.7 Å². The summed E-state index contributed by atoms with van der Waals surface area (Å²) in [6.07, 6.45) is 0. The Morgan fingerprint density at radius 3 is 2.94 bits per heavy atom. The second kappa shape index (κ2) is 3.68. The number of halogens is 2. The Bertz CT molecular complexity index is 713. The van der Waals surface area contributed by atoms with Crippen molar-refractivity contribution in [2.24, 2.45) is 0 Å². The van der Waals surface area contributed by atoms with Gasteiger partial charge in [-0.25, -0.2) is 18.1 Å². The lowest BCUT2D eigenvalue weighted by Crippen LogP contribution is -2.01. The molecule has 0 aliphatic carbocycles. The third-order valence-corrected chi connectivity index (χ3v) is 4.90. The molecule has 1 aromatic heterocycles. The lowest BCUT2D eigenvalue weighted by Gasteiger charge is -2.00. The molecule has 0 saturated carbocycles. The SMILES string of the molecule is O=S(=O)(Cl)c1ccc2nc3n(c2c1)NSC3Cl. The summed E-state index contributed by atoms with van der Waals surface area (Å²) < 4.78 is 23.9. The molecule has 9 heteroatoms. The second-order valence-corrected chi connectivity index (χ2v) is 7.57. The summed E-state index contributed by atoms with van der Waals surface area (Å²) in [6.45, 7) is 0. The van der Waals surface area contributed by atoms with Crippen molar-refractivity contribution in [1.82, 2.24) is 9.66 Å². The van der Waals surface area contributed by atoms with Crippen LogP contribution in [0.1, 0.15) is 10.5 Å². The monoisotopic (exact) mass is 309 g/mol. The Morgan fingerprint density at radius 1 is 1.47 bits per heavy atom. The summed E-state index contributed by atoms with van der Waals surface area (Å²) in [6, 6.07) is 4.49. The van der Waals surface area contributed by atoms with Gasteiger partial charge in [0.25, 0.3) is 9.05 Å². The van der Waals surface area contributed by atoms with Gasteiger partial charge in [-0.3, -0.25) is 4.83 Å². The van der Waals surface area contributed by atoms with Crippen LogP contribution in [-0.4, -0.2) is 18.1 Å². The van der Waals surface area contributed by atoms with Crippen LogP contribution >= 0.6 is 34.2 Å². The average molecular weight is 310 g/mol. The molecule has 2 heterocycles. The Kier molecular flexibility index (Phi) is 2.48. The van der Waals surface area contributed by atoms with E-state index in [0.29, 0.717) is 16.9 Å². The molecule has 0 amide bonds. The number of benzene rings is 1. The molecule has 17 heavy (non-hydrogen) atoms. The maximum Gasteiger partial charge on any atom is 0.261 e. The van der Waals surface area contributed by atoms with Crippen molar-refractivity contribution in [3.05, 3.63) is 24.0 Å². The Morgan fingerprint density at radius 2 is 2.24 bits per heavy atom. The van der Waals surface area contributed by atoms with Gasteiger partial charge in [0.1, 0.15) is 0 Å². The quantitative estimate of drug-likeness (QED) is 0.498. The van der Waals surface area contributed by atoms with Crippen molar-refractivity contribution in [2.45, 2.75) is 9.60 Å². The minimum atomic E-state index is -3.74. The molecule has 2 aromatic rings. The number of rotatable bonds is 1. The topological polar surface area (TPSA) is 64.0 Å². The normalized spacial score (nSPS) is 19.3. The fraction of sp³-hybridized carbons (Fsp3) is 0.125. The van der Waals surface area contributed by atoms with Gasteiger partial charge in [-0.05, 0) is 30.1 Å². The molecule has 1 aromatic carbocycles. The zero-order chi connectivity index (χ0) is 12.2. The van der Waals surface area contributed by atoms with Gasteiger partial charge in [0.15, 0.2) is 10.5 Å². The van der Waals surface area contributed by atoms with Crippen LogP contribution in [0.4, 0.5) is 0 Å². The average Bonchev–Trinajstić information content (AvgIpc) is 2.77. The Hall–Kier alpha value is -0.630. The molecule has 1 atom stereocenters. The summed E-state index contributed by atoms with van der Waals surface area (Å²) in [7, 11) is 1.56. The van der Waals surface area contributed by atoms with Gasteiger partial charge >= 0.3 is 0 Å². The predicted molar refractivity (Wildman–Crippen MR) is 68.3 cm³/mol. The van der Waals surface area contributed by atoms with Gasteiger partial charge in [-0.1, -0.05) is 0 Å². The Balaban J connectivity index is 2.30. The van der Waals surface area contributed by atoms with Crippen LogP contribution < -0.4 is 4.83 Å². The molecular weight excluding hydrogens is 305 g/mol. The fourth-order valence-corrected chi connectivity index (χ4v) is 3.32. The summed E-state index contributed by atoms with van der Waals surface area (Å²) in [5.41, 5.74) is 1.31. The van der Waals surface area contributed by atoms with E-state index in [1.165, 1.54) is 24.1 Å². The van der Waals surface area contributed by atoms with Gasteiger partial charge in [-0.15, -0.1) is 11.6 Å². The molecule has 1 unspecified atom stereocenters. The number of fused-ring (bicyclic) bond motifs is 3. The van der Waals surface area contributed by atoms with E-state index < -0.39 is 9.05 Å². The van der Waals surface area contributed by atoms with Crippen molar-refractivity contribution >= 4 is 54.3 Å². The summed E-state index contributed by atoms with van der Waals surface area (Å²) >= 11 is 7.31. The summed E-state index contributed by atoms with van der Waals surface area (Å²) in [4.78, 5) is 7.30. The largest absolute Gasteiger partial charge is 0.264 e. The van der Waals surface area contributed by atoms with Crippen LogP contribution in [0.2, 0.25) is 0 Å².